The van der Waals surface area contributed by atoms with Gasteiger partial charge >= 0.3 is 0 Å². The van der Waals surface area contributed by atoms with Crippen LogP contribution in [0.2, 0.25) is 0 Å². The molecule has 0 heterocycles. The summed E-state index contributed by atoms with van der Waals surface area (Å²) < 4.78 is 0. The van der Waals surface area contributed by atoms with Crippen LogP contribution in [0.1, 0.15) is 47.0 Å². The monoisotopic (exact) mass is 231 g/mol. The van der Waals surface area contributed by atoms with Gasteiger partial charge in [-0.2, -0.15) is 11.8 Å². The number of hydrogen-bond donors (Lipinski definition) is 1. The second-order valence-electron chi connectivity index (χ2n) is 4.82. The quantitative estimate of drug-likeness (QED) is 0.648. The van der Waals surface area contributed by atoms with Crippen molar-refractivity contribution in [2.24, 2.45) is 11.8 Å². The summed E-state index contributed by atoms with van der Waals surface area (Å²) in [5.74, 6) is 2.93. The lowest BCUT2D eigenvalue weighted by atomic mass is 9.97. The maximum absolute atomic E-state index is 3.71. The first kappa shape index (κ1) is 15.3. The summed E-state index contributed by atoms with van der Waals surface area (Å²) in [7, 11) is 0. The molecule has 0 rings (SSSR count). The van der Waals surface area contributed by atoms with Gasteiger partial charge in [0.05, 0.1) is 0 Å². The van der Waals surface area contributed by atoms with Gasteiger partial charge in [-0.05, 0) is 43.2 Å². The molecule has 0 bridgehead atoms. The molecule has 0 amide bonds. The molecule has 0 spiro atoms. The molecule has 0 radical (unpaired) electrons. The Morgan fingerprint density at radius 3 is 2.20 bits per heavy atom. The predicted molar refractivity (Wildman–Crippen MR) is 73.7 cm³/mol. The van der Waals surface area contributed by atoms with Gasteiger partial charge < -0.3 is 5.32 Å². The molecule has 3 unspecified atom stereocenters. The van der Waals surface area contributed by atoms with Crippen molar-refractivity contribution in [2.45, 2.75) is 53.0 Å². The molecule has 0 aromatic rings. The van der Waals surface area contributed by atoms with E-state index in [2.05, 4.69) is 39.3 Å². The fraction of sp³-hybridized carbons (Fsp3) is 1.00. The van der Waals surface area contributed by atoms with Crippen molar-refractivity contribution in [2.75, 3.05) is 18.6 Å². The molecule has 0 saturated heterocycles. The first-order valence-corrected chi connectivity index (χ1v) is 7.75. The Kier molecular flexibility index (Phi) is 9.73. The molecule has 1 N–H and O–H groups in total. The van der Waals surface area contributed by atoms with Gasteiger partial charge in [0.1, 0.15) is 0 Å². The third-order valence-corrected chi connectivity index (χ3v) is 3.99. The Bertz CT molecular complexity index is 138. The van der Waals surface area contributed by atoms with Crippen LogP contribution in [0.25, 0.3) is 0 Å². The van der Waals surface area contributed by atoms with E-state index in [1.165, 1.54) is 31.6 Å². The molecule has 0 aromatic carbocycles. The average Bonchev–Trinajstić information content (AvgIpc) is 2.24. The standard InChI is InChI=1S/C13H29NS/c1-6-11(3)8-13(7-2)14-9-12(4)10-15-5/h11-14H,6-10H2,1-5H3. The maximum atomic E-state index is 3.71. The minimum Gasteiger partial charge on any atom is -0.314 e. The molecule has 0 aliphatic heterocycles. The van der Waals surface area contributed by atoms with Crippen molar-refractivity contribution in [3.05, 3.63) is 0 Å². The van der Waals surface area contributed by atoms with Gasteiger partial charge in [-0.15, -0.1) is 0 Å². The fourth-order valence-corrected chi connectivity index (χ4v) is 2.44. The highest BCUT2D eigenvalue weighted by Gasteiger charge is 2.11. The van der Waals surface area contributed by atoms with E-state index in [0.29, 0.717) is 0 Å². The lowest BCUT2D eigenvalue weighted by Gasteiger charge is -2.22. The summed E-state index contributed by atoms with van der Waals surface area (Å²) >= 11 is 1.95. The van der Waals surface area contributed by atoms with Gasteiger partial charge in [0.15, 0.2) is 0 Å². The van der Waals surface area contributed by atoms with Crippen LogP contribution in [0, 0.1) is 11.8 Å². The van der Waals surface area contributed by atoms with Gasteiger partial charge in [-0.1, -0.05) is 34.1 Å². The first-order chi connectivity index (χ1) is 7.13. The van der Waals surface area contributed by atoms with E-state index < -0.39 is 0 Å². The van der Waals surface area contributed by atoms with Gasteiger partial charge in [-0.3, -0.25) is 0 Å². The second kappa shape index (κ2) is 9.53. The van der Waals surface area contributed by atoms with Crippen molar-refractivity contribution in [3.63, 3.8) is 0 Å². The summed E-state index contributed by atoms with van der Waals surface area (Å²) in [5.41, 5.74) is 0. The van der Waals surface area contributed by atoms with Crippen LogP contribution in [0.4, 0.5) is 0 Å². The van der Waals surface area contributed by atoms with Gasteiger partial charge in [-0.25, -0.2) is 0 Å². The average molecular weight is 231 g/mol. The van der Waals surface area contributed by atoms with E-state index in [9.17, 15) is 0 Å². The van der Waals surface area contributed by atoms with Crippen LogP contribution in [0.5, 0.6) is 0 Å². The summed E-state index contributed by atoms with van der Waals surface area (Å²) in [6.07, 6.45) is 6.08. The summed E-state index contributed by atoms with van der Waals surface area (Å²) in [6, 6.07) is 0.726. The van der Waals surface area contributed by atoms with Crippen molar-refractivity contribution in [1.29, 1.82) is 0 Å². The van der Waals surface area contributed by atoms with Gasteiger partial charge in [0.25, 0.3) is 0 Å². The van der Waals surface area contributed by atoms with E-state index in [1.807, 2.05) is 11.8 Å². The Labute approximate surface area is 101 Å². The summed E-state index contributed by atoms with van der Waals surface area (Å²) in [5, 5.41) is 3.71. The number of thioether (sulfide) groups is 1. The predicted octanol–water partition coefficient (Wildman–Crippen LogP) is 3.79. The molecule has 0 aliphatic rings. The number of hydrogen-bond acceptors (Lipinski definition) is 2. The van der Waals surface area contributed by atoms with E-state index in [4.69, 9.17) is 0 Å². The van der Waals surface area contributed by atoms with Crippen LogP contribution in [0.3, 0.4) is 0 Å². The largest absolute Gasteiger partial charge is 0.314 e. The molecule has 0 saturated carbocycles. The third kappa shape index (κ3) is 8.15. The summed E-state index contributed by atoms with van der Waals surface area (Å²) in [6.45, 7) is 10.4. The Morgan fingerprint density at radius 1 is 1.07 bits per heavy atom. The minimum absolute atomic E-state index is 0.726. The SMILES string of the molecule is CCC(C)CC(CC)NCC(C)CSC. The number of nitrogens with one attached hydrogen (secondary N) is 1. The third-order valence-electron chi connectivity index (χ3n) is 3.08. The van der Waals surface area contributed by atoms with Crippen molar-refractivity contribution in [3.8, 4) is 0 Å². The Morgan fingerprint density at radius 2 is 1.73 bits per heavy atom. The van der Waals surface area contributed by atoms with Gasteiger partial charge in [0, 0.05) is 6.04 Å². The molecule has 0 aliphatic carbocycles. The van der Waals surface area contributed by atoms with Gasteiger partial charge in [0.2, 0.25) is 0 Å². The molecule has 0 aromatic heterocycles. The Balaban J connectivity index is 3.69. The van der Waals surface area contributed by atoms with Crippen LogP contribution < -0.4 is 5.32 Å². The molecule has 0 fully saturated rings. The first-order valence-electron chi connectivity index (χ1n) is 6.36. The molecule has 2 heteroatoms. The topological polar surface area (TPSA) is 12.0 Å². The van der Waals surface area contributed by atoms with E-state index >= 15 is 0 Å². The van der Waals surface area contributed by atoms with E-state index in [0.717, 1.165) is 17.9 Å². The maximum Gasteiger partial charge on any atom is 0.00670 e. The zero-order valence-corrected chi connectivity index (χ0v) is 12.0. The van der Waals surface area contributed by atoms with Crippen molar-refractivity contribution in [1.82, 2.24) is 5.32 Å². The van der Waals surface area contributed by atoms with Crippen molar-refractivity contribution >= 4 is 11.8 Å². The lowest BCUT2D eigenvalue weighted by molar-refractivity contribution is 0.370. The highest BCUT2D eigenvalue weighted by atomic mass is 32.2. The second-order valence-corrected chi connectivity index (χ2v) is 5.73. The van der Waals surface area contributed by atoms with Crippen molar-refractivity contribution < 1.29 is 0 Å². The van der Waals surface area contributed by atoms with Crippen LogP contribution in [0.15, 0.2) is 0 Å². The normalized spacial score (nSPS) is 17.4. The molecular formula is C13H29NS. The molecule has 15 heavy (non-hydrogen) atoms. The smallest absolute Gasteiger partial charge is 0.00670 e. The van der Waals surface area contributed by atoms with Crippen LogP contribution >= 0.6 is 11.8 Å². The van der Waals surface area contributed by atoms with E-state index in [-0.39, 0.29) is 0 Å². The fourth-order valence-electron chi connectivity index (χ4n) is 1.76. The zero-order chi connectivity index (χ0) is 11.7. The summed E-state index contributed by atoms with van der Waals surface area (Å²) in [4.78, 5) is 0. The van der Waals surface area contributed by atoms with Crippen LogP contribution in [-0.4, -0.2) is 24.6 Å². The highest BCUT2D eigenvalue weighted by Crippen LogP contribution is 2.12. The minimum atomic E-state index is 0.726. The highest BCUT2D eigenvalue weighted by molar-refractivity contribution is 7.98. The lowest BCUT2D eigenvalue weighted by Crippen LogP contribution is -2.34. The molecular weight excluding hydrogens is 202 g/mol. The molecule has 1 nitrogen and oxygen atoms in total. The Hall–Kier alpha value is 0.310. The molecule has 92 valence electrons. The van der Waals surface area contributed by atoms with E-state index in [1.54, 1.807) is 0 Å². The van der Waals surface area contributed by atoms with Crippen LogP contribution in [-0.2, 0) is 0 Å². The molecule has 3 atom stereocenters. The number of rotatable bonds is 9. The zero-order valence-electron chi connectivity index (χ0n) is 11.2.